The molecule has 0 bridgehead atoms. The second kappa shape index (κ2) is 2.88. The number of rotatable bonds is 1. The Balaban J connectivity index is 2.50. The molecule has 0 aromatic rings. The highest BCUT2D eigenvalue weighted by molar-refractivity contribution is 8.14. The standard InChI is InChI=1S/C8H15ClO2S/c1-8(2,3)6-4-7(5-6)12(9,10)11/h6-7H,4-5H2,1-3H3. The van der Waals surface area contributed by atoms with E-state index in [1.54, 1.807) is 0 Å². The van der Waals surface area contributed by atoms with E-state index in [1.165, 1.54) is 0 Å². The minimum Gasteiger partial charge on any atom is -0.212 e. The molecule has 1 aliphatic carbocycles. The topological polar surface area (TPSA) is 34.1 Å². The van der Waals surface area contributed by atoms with Crippen molar-refractivity contribution >= 4 is 19.7 Å². The van der Waals surface area contributed by atoms with Crippen LogP contribution in [-0.2, 0) is 9.05 Å². The smallest absolute Gasteiger partial charge is 0.212 e. The van der Waals surface area contributed by atoms with Crippen molar-refractivity contribution in [2.45, 2.75) is 38.9 Å². The average molecular weight is 211 g/mol. The van der Waals surface area contributed by atoms with Crippen LogP contribution in [0.15, 0.2) is 0 Å². The molecule has 0 radical (unpaired) electrons. The van der Waals surface area contributed by atoms with E-state index in [0.29, 0.717) is 5.92 Å². The molecule has 0 atom stereocenters. The highest BCUT2D eigenvalue weighted by Gasteiger charge is 2.42. The third-order valence-corrected chi connectivity index (χ3v) is 4.65. The van der Waals surface area contributed by atoms with Gasteiger partial charge in [-0.25, -0.2) is 8.42 Å². The lowest BCUT2D eigenvalue weighted by atomic mass is 9.68. The molecule has 0 amide bonds. The van der Waals surface area contributed by atoms with Crippen molar-refractivity contribution in [2.75, 3.05) is 0 Å². The molecule has 0 heterocycles. The predicted octanol–water partition coefficient (Wildman–Crippen LogP) is 2.38. The van der Waals surface area contributed by atoms with Gasteiger partial charge in [0.2, 0.25) is 9.05 Å². The summed E-state index contributed by atoms with van der Waals surface area (Å²) in [5.74, 6) is 0.510. The molecule has 0 unspecified atom stereocenters. The molecular weight excluding hydrogens is 196 g/mol. The van der Waals surface area contributed by atoms with Crippen LogP contribution < -0.4 is 0 Å². The van der Waals surface area contributed by atoms with Gasteiger partial charge in [0.1, 0.15) is 0 Å². The molecule has 0 aromatic carbocycles. The Hall–Kier alpha value is 0.240. The van der Waals surface area contributed by atoms with E-state index in [1.807, 2.05) is 0 Å². The summed E-state index contributed by atoms with van der Waals surface area (Å²) in [5, 5.41) is -0.289. The summed E-state index contributed by atoms with van der Waals surface area (Å²) in [7, 11) is 1.94. The molecule has 72 valence electrons. The van der Waals surface area contributed by atoms with Gasteiger partial charge in [0.15, 0.2) is 0 Å². The van der Waals surface area contributed by atoms with Gasteiger partial charge in [-0.2, -0.15) is 0 Å². The molecule has 1 aliphatic rings. The van der Waals surface area contributed by atoms with E-state index >= 15 is 0 Å². The van der Waals surface area contributed by atoms with Gasteiger partial charge in [-0.05, 0) is 24.2 Å². The summed E-state index contributed by atoms with van der Waals surface area (Å²) in [4.78, 5) is 0. The van der Waals surface area contributed by atoms with Crippen LogP contribution in [-0.4, -0.2) is 13.7 Å². The first-order valence-corrected chi connectivity index (χ1v) is 6.52. The van der Waals surface area contributed by atoms with E-state index in [0.717, 1.165) is 12.8 Å². The van der Waals surface area contributed by atoms with Crippen molar-refractivity contribution in [3.63, 3.8) is 0 Å². The van der Waals surface area contributed by atoms with Crippen LogP contribution in [0.25, 0.3) is 0 Å². The first kappa shape index (κ1) is 10.3. The van der Waals surface area contributed by atoms with Gasteiger partial charge < -0.3 is 0 Å². The maximum atomic E-state index is 10.9. The zero-order valence-corrected chi connectivity index (χ0v) is 9.24. The maximum Gasteiger partial charge on any atom is 0.235 e. The molecule has 1 fully saturated rings. The van der Waals surface area contributed by atoms with Gasteiger partial charge in [-0.15, -0.1) is 0 Å². The third kappa shape index (κ3) is 2.13. The maximum absolute atomic E-state index is 10.9. The lowest BCUT2D eigenvalue weighted by molar-refractivity contribution is 0.144. The lowest BCUT2D eigenvalue weighted by Crippen LogP contribution is -2.40. The Morgan fingerprint density at radius 3 is 1.92 bits per heavy atom. The fourth-order valence-corrected chi connectivity index (χ4v) is 2.86. The molecule has 0 aliphatic heterocycles. The lowest BCUT2D eigenvalue weighted by Gasteiger charge is -2.42. The molecule has 0 saturated heterocycles. The van der Waals surface area contributed by atoms with Gasteiger partial charge >= 0.3 is 0 Å². The Morgan fingerprint density at radius 2 is 1.67 bits per heavy atom. The molecule has 4 heteroatoms. The molecule has 0 aromatic heterocycles. The van der Waals surface area contributed by atoms with E-state index in [-0.39, 0.29) is 10.7 Å². The van der Waals surface area contributed by atoms with Gasteiger partial charge in [-0.1, -0.05) is 20.8 Å². The van der Waals surface area contributed by atoms with Crippen molar-refractivity contribution in [1.82, 2.24) is 0 Å². The fourth-order valence-electron chi connectivity index (χ4n) is 1.50. The molecule has 0 spiro atoms. The molecule has 1 saturated carbocycles. The average Bonchev–Trinajstić information content (AvgIpc) is 1.46. The zero-order chi connectivity index (χ0) is 9.57. The van der Waals surface area contributed by atoms with Gasteiger partial charge in [0, 0.05) is 10.7 Å². The van der Waals surface area contributed by atoms with Crippen LogP contribution >= 0.6 is 10.7 Å². The SMILES string of the molecule is CC(C)(C)C1CC(S(=O)(=O)Cl)C1. The number of hydrogen-bond acceptors (Lipinski definition) is 2. The van der Waals surface area contributed by atoms with Crippen LogP contribution in [0.3, 0.4) is 0 Å². The van der Waals surface area contributed by atoms with Crippen molar-refractivity contribution in [2.24, 2.45) is 11.3 Å². The molecular formula is C8H15ClO2S. The van der Waals surface area contributed by atoms with Gasteiger partial charge in [0.25, 0.3) is 0 Å². The van der Waals surface area contributed by atoms with E-state index < -0.39 is 9.05 Å². The summed E-state index contributed by atoms with van der Waals surface area (Å²) in [5.41, 5.74) is 0.220. The normalized spacial score (nSPS) is 31.3. The van der Waals surface area contributed by atoms with Crippen LogP contribution in [0.5, 0.6) is 0 Å². The third-order valence-electron chi connectivity index (χ3n) is 2.72. The minimum atomic E-state index is -3.29. The van der Waals surface area contributed by atoms with Gasteiger partial charge in [-0.3, -0.25) is 0 Å². The zero-order valence-electron chi connectivity index (χ0n) is 7.67. The second-order valence-electron chi connectivity index (χ2n) is 4.63. The van der Waals surface area contributed by atoms with Crippen LogP contribution in [0.2, 0.25) is 0 Å². The van der Waals surface area contributed by atoms with Crippen LogP contribution in [0.4, 0.5) is 0 Å². The Morgan fingerprint density at radius 1 is 1.25 bits per heavy atom. The number of hydrogen-bond donors (Lipinski definition) is 0. The van der Waals surface area contributed by atoms with Crippen molar-refractivity contribution in [3.8, 4) is 0 Å². The van der Waals surface area contributed by atoms with Crippen molar-refractivity contribution in [3.05, 3.63) is 0 Å². The fraction of sp³-hybridized carbons (Fsp3) is 1.00. The first-order chi connectivity index (χ1) is 5.21. The highest BCUT2D eigenvalue weighted by Crippen LogP contribution is 2.45. The minimum absolute atomic E-state index is 0.220. The molecule has 2 nitrogen and oxygen atoms in total. The van der Waals surface area contributed by atoms with Crippen molar-refractivity contribution in [1.29, 1.82) is 0 Å². The van der Waals surface area contributed by atoms with E-state index in [9.17, 15) is 8.42 Å². The second-order valence-corrected chi connectivity index (χ2v) is 7.54. The van der Waals surface area contributed by atoms with Gasteiger partial charge in [0.05, 0.1) is 5.25 Å². The number of halogens is 1. The van der Waals surface area contributed by atoms with Crippen LogP contribution in [0, 0.1) is 11.3 Å². The summed E-state index contributed by atoms with van der Waals surface area (Å²) < 4.78 is 21.7. The van der Waals surface area contributed by atoms with E-state index in [4.69, 9.17) is 10.7 Å². The largest absolute Gasteiger partial charge is 0.235 e. The summed E-state index contributed by atoms with van der Waals surface area (Å²) in [6.45, 7) is 6.40. The Bertz CT molecular complexity index is 257. The first-order valence-electron chi connectivity index (χ1n) is 4.15. The highest BCUT2D eigenvalue weighted by atomic mass is 35.7. The molecule has 12 heavy (non-hydrogen) atoms. The Kier molecular flexibility index (Phi) is 2.47. The molecule has 0 N–H and O–H groups in total. The summed E-state index contributed by atoms with van der Waals surface area (Å²) in [6, 6.07) is 0. The summed E-state index contributed by atoms with van der Waals surface area (Å²) in [6.07, 6.45) is 1.46. The Labute approximate surface area is 78.7 Å². The predicted molar refractivity (Wildman–Crippen MR) is 50.7 cm³/mol. The monoisotopic (exact) mass is 210 g/mol. The quantitative estimate of drug-likeness (QED) is 0.623. The summed E-state index contributed by atoms with van der Waals surface area (Å²) >= 11 is 0. The van der Waals surface area contributed by atoms with E-state index in [2.05, 4.69) is 20.8 Å². The molecule has 1 rings (SSSR count). The van der Waals surface area contributed by atoms with Crippen LogP contribution in [0.1, 0.15) is 33.6 Å². The van der Waals surface area contributed by atoms with Crippen molar-refractivity contribution < 1.29 is 8.42 Å².